The number of aromatic nitrogens is 1. The van der Waals surface area contributed by atoms with Gasteiger partial charge in [0.2, 0.25) is 0 Å². The molecule has 1 saturated heterocycles. The number of rotatable bonds is 6. The number of hydrogen-bond acceptors (Lipinski definition) is 4. The molecule has 2 aromatic rings. The molecule has 1 atom stereocenters. The predicted octanol–water partition coefficient (Wildman–Crippen LogP) is 2.39. The minimum atomic E-state index is 0.363. The molecule has 0 radical (unpaired) electrons. The lowest BCUT2D eigenvalue weighted by Crippen LogP contribution is -2.45. The molecule has 1 aliphatic heterocycles. The lowest BCUT2D eigenvalue weighted by atomic mass is 10.2. The molecule has 2 heterocycles. The lowest BCUT2D eigenvalue weighted by molar-refractivity contribution is 0.415. The van der Waals surface area contributed by atoms with Crippen LogP contribution >= 0.6 is 0 Å². The van der Waals surface area contributed by atoms with Gasteiger partial charge in [0.25, 0.3) is 0 Å². The van der Waals surface area contributed by atoms with Crippen LogP contribution in [0.2, 0.25) is 0 Å². The van der Waals surface area contributed by atoms with Crippen molar-refractivity contribution in [1.29, 1.82) is 0 Å². The van der Waals surface area contributed by atoms with Crippen molar-refractivity contribution in [2.75, 3.05) is 38.7 Å². The molecule has 0 bridgehead atoms. The van der Waals surface area contributed by atoms with Gasteiger partial charge in [0.15, 0.2) is 5.96 Å². The maximum atomic E-state index is 5.49. The largest absolute Gasteiger partial charge is 0.495 e. The predicted molar refractivity (Wildman–Crippen MR) is 111 cm³/mol. The second-order valence-corrected chi connectivity index (χ2v) is 6.80. The van der Waals surface area contributed by atoms with Crippen LogP contribution < -0.4 is 20.3 Å². The number of benzene rings is 1. The number of hydrogen-bond donors (Lipinski definition) is 2. The van der Waals surface area contributed by atoms with Gasteiger partial charge in [-0.05, 0) is 43.5 Å². The molecule has 27 heavy (non-hydrogen) atoms. The Morgan fingerprint density at radius 1 is 1.30 bits per heavy atom. The average molecular weight is 367 g/mol. The van der Waals surface area contributed by atoms with E-state index in [1.54, 1.807) is 7.11 Å². The number of nitrogens with one attached hydrogen (secondary N) is 2. The molecule has 144 valence electrons. The van der Waals surface area contributed by atoms with Gasteiger partial charge in [-0.2, -0.15) is 0 Å². The Labute approximate surface area is 161 Å². The quantitative estimate of drug-likeness (QED) is 0.606. The van der Waals surface area contributed by atoms with E-state index in [1.807, 2.05) is 38.4 Å². The summed E-state index contributed by atoms with van der Waals surface area (Å²) in [5.74, 6) is 1.77. The first-order chi connectivity index (χ1) is 13.2. The Hall–Kier alpha value is -2.76. The molecule has 2 N–H and O–H groups in total. The highest BCUT2D eigenvalue weighted by Gasteiger charge is 2.25. The first-order valence-electron chi connectivity index (χ1n) is 9.46. The number of para-hydroxylation sites is 2. The second-order valence-electron chi connectivity index (χ2n) is 6.80. The van der Waals surface area contributed by atoms with E-state index in [2.05, 4.69) is 43.7 Å². The Balaban J connectivity index is 1.48. The van der Waals surface area contributed by atoms with Gasteiger partial charge in [-0.3, -0.25) is 9.98 Å². The topological polar surface area (TPSA) is 61.8 Å². The lowest BCUT2D eigenvalue weighted by Gasteiger charge is -2.22. The number of anilines is 1. The van der Waals surface area contributed by atoms with E-state index in [0.29, 0.717) is 6.04 Å². The Kier molecular flexibility index (Phi) is 6.52. The van der Waals surface area contributed by atoms with Crippen molar-refractivity contribution in [2.24, 2.45) is 4.99 Å². The minimum Gasteiger partial charge on any atom is -0.495 e. The van der Waals surface area contributed by atoms with E-state index in [1.165, 1.54) is 5.56 Å². The average Bonchev–Trinajstić information content (AvgIpc) is 3.17. The Bertz CT molecular complexity index is 759. The molecule has 0 aliphatic carbocycles. The fourth-order valence-electron chi connectivity index (χ4n) is 3.35. The van der Waals surface area contributed by atoms with E-state index in [-0.39, 0.29) is 0 Å². The third kappa shape index (κ3) is 5.12. The summed E-state index contributed by atoms with van der Waals surface area (Å²) in [6.45, 7) is 4.77. The molecule has 1 fully saturated rings. The summed E-state index contributed by atoms with van der Waals surface area (Å²) in [5, 5.41) is 6.94. The normalized spacial score (nSPS) is 17.1. The standard InChI is InChI=1S/C21H29N5O/c1-16-8-9-17(14-24-16)10-12-23-21(22-2)25-18-11-13-26(15-18)19-6-4-5-7-20(19)27-3/h4-9,14,18H,10-13,15H2,1-3H3,(H2,22,23,25). The zero-order chi connectivity index (χ0) is 19.1. The molecule has 1 unspecified atom stereocenters. The Morgan fingerprint density at radius 2 is 2.15 bits per heavy atom. The van der Waals surface area contributed by atoms with Crippen LogP contribution in [-0.4, -0.2) is 50.8 Å². The summed E-state index contributed by atoms with van der Waals surface area (Å²) in [6.07, 6.45) is 3.93. The summed E-state index contributed by atoms with van der Waals surface area (Å²) >= 11 is 0. The maximum absolute atomic E-state index is 5.49. The zero-order valence-corrected chi connectivity index (χ0v) is 16.4. The third-order valence-electron chi connectivity index (χ3n) is 4.86. The van der Waals surface area contributed by atoms with Crippen LogP contribution in [0.3, 0.4) is 0 Å². The van der Waals surface area contributed by atoms with Gasteiger partial charge in [-0.25, -0.2) is 0 Å². The fraction of sp³-hybridized carbons (Fsp3) is 0.429. The number of ether oxygens (including phenoxy) is 1. The van der Waals surface area contributed by atoms with Crippen LogP contribution in [0.15, 0.2) is 47.6 Å². The molecular weight excluding hydrogens is 338 g/mol. The van der Waals surface area contributed by atoms with Crippen molar-refractivity contribution in [3.63, 3.8) is 0 Å². The van der Waals surface area contributed by atoms with Crippen molar-refractivity contribution >= 4 is 11.6 Å². The molecule has 1 aromatic carbocycles. The summed E-state index contributed by atoms with van der Waals surface area (Å²) in [6, 6.07) is 12.7. The van der Waals surface area contributed by atoms with Crippen molar-refractivity contribution in [3.8, 4) is 5.75 Å². The van der Waals surface area contributed by atoms with Crippen molar-refractivity contribution in [3.05, 3.63) is 53.9 Å². The van der Waals surface area contributed by atoms with E-state index in [4.69, 9.17) is 4.74 Å². The molecule has 0 spiro atoms. The summed E-state index contributed by atoms with van der Waals surface area (Å²) < 4.78 is 5.49. The number of aryl methyl sites for hydroxylation is 1. The van der Waals surface area contributed by atoms with Crippen LogP contribution in [0.5, 0.6) is 5.75 Å². The third-order valence-corrected chi connectivity index (χ3v) is 4.86. The van der Waals surface area contributed by atoms with E-state index in [0.717, 1.165) is 55.6 Å². The zero-order valence-electron chi connectivity index (χ0n) is 16.4. The van der Waals surface area contributed by atoms with Gasteiger partial charge in [0.1, 0.15) is 5.75 Å². The Morgan fingerprint density at radius 3 is 2.89 bits per heavy atom. The van der Waals surface area contributed by atoms with Gasteiger partial charge in [-0.1, -0.05) is 18.2 Å². The summed E-state index contributed by atoms with van der Waals surface area (Å²) in [5.41, 5.74) is 3.43. The molecule has 0 amide bonds. The van der Waals surface area contributed by atoms with Crippen molar-refractivity contribution < 1.29 is 4.74 Å². The molecular formula is C21H29N5O. The number of nitrogens with zero attached hydrogens (tertiary/aromatic N) is 3. The summed E-state index contributed by atoms with van der Waals surface area (Å²) in [7, 11) is 3.54. The van der Waals surface area contributed by atoms with Crippen LogP contribution in [0.4, 0.5) is 5.69 Å². The fourth-order valence-corrected chi connectivity index (χ4v) is 3.35. The van der Waals surface area contributed by atoms with Crippen molar-refractivity contribution in [1.82, 2.24) is 15.6 Å². The molecule has 1 aliphatic rings. The molecule has 6 heteroatoms. The maximum Gasteiger partial charge on any atom is 0.191 e. The minimum absolute atomic E-state index is 0.363. The SMILES string of the molecule is CN=C(NCCc1ccc(C)nc1)NC1CCN(c2ccccc2OC)C1. The van der Waals surface area contributed by atoms with E-state index >= 15 is 0 Å². The first kappa shape index (κ1) is 19.0. The van der Waals surface area contributed by atoms with Crippen LogP contribution in [0, 0.1) is 6.92 Å². The number of methoxy groups -OCH3 is 1. The van der Waals surface area contributed by atoms with Crippen LogP contribution in [-0.2, 0) is 6.42 Å². The smallest absolute Gasteiger partial charge is 0.191 e. The number of pyridine rings is 1. The van der Waals surface area contributed by atoms with Gasteiger partial charge in [-0.15, -0.1) is 0 Å². The van der Waals surface area contributed by atoms with Crippen molar-refractivity contribution in [2.45, 2.75) is 25.8 Å². The van der Waals surface area contributed by atoms with E-state index < -0.39 is 0 Å². The molecule has 3 rings (SSSR count). The molecule has 0 saturated carbocycles. The van der Waals surface area contributed by atoms with Gasteiger partial charge in [0.05, 0.1) is 12.8 Å². The molecule has 6 nitrogen and oxygen atoms in total. The highest BCUT2D eigenvalue weighted by atomic mass is 16.5. The van der Waals surface area contributed by atoms with Crippen LogP contribution in [0.1, 0.15) is 17.7 Å². The highest BCUT2D eigenvalue weighted by molar-refractivity contribution is 5.80. The monoisotopic (exact) mass is 367 g/mol. The van der Waals surface area contributed by atoms with E-state index in [9.17, 15) is 0 Å². The molecule has 1 aromatic heterocycles. The second kappa shape index (κ2) is 9.26. The first-order valence-corrected chi connectivity index (χ1v) is 9.46. The van der Waals surface area contributed by atoms with Crippen LogP contribution in [0.25, 0.3) is 0 Å². The number of aliphatic imine (C=N–C) groups is 1. The van der Waals surface area contributed by atoms with Gasteiger partial charge in [0, 0.05) is 44.6 Å². The van der Waals surface area contributed by atoms with Gasteiger partial charge >= 0.3 is 0 Å². The summed E-state index contributed by atoms with van der Waals surface area (Å²) in [4.78, 5) is 11.1. The van der Waals surface area contributed by atoms with Gasteiger partial charge < -0.3 is 20.3 Å². The number of guanidine groups is 1. The highest BCUT2D eigenvalue weighted by Crippen LogP contribution is 2.30.